The zero-order valence-electron chi connectivity index (χ0n) is 22.5. The Kier molecular flexibility index (Phi) is 7.51. The van der Waals surface area contributed by atoms with Gasteiger partial charge in [0.25, 0.3) is 12.3 Å². The van der Waals surface area contributed by atoms with Gasteiger partial charge in [0.2, 0.25) is 11.8 Å². The van der Waals surface area contributed by atoms with E-state index in [9.17, 15) is 18.0 Å². The van der Waals surface area contributed by atoms with Crippen LogP contribution in [0.3, 0.4) is 0 Å². The third kappa shape index (κ3) is 5.58. The van der Waals surface area contributed by atoms with Crippen molar-refractivity contribution in [3.63, 3.8) is 0 Å². The number of aromatic nitrogens is 4. The summed E-state index contributed by atoms with van der Waals surface area (Å²) < 4.78 is 51.6. The van der Waals surface area contributed by atoms with E-state index in [1.54, 1.807) is 0 Å². The van der Waals surface area contributed by atoms with Crippen molar-refractivity contribution in [3.05, 3.63) is 59.2 Å². The average molecular weight is 573 g/mol. The maximum absolute atomic E-state index is 14.4. The van der Waals surface area contributed by atoms with E-state index in [1.165, 1.54) is 25.6 Å². The van der Waals surface area contributed by atoms with Crippen molar-refractivity contribution < 1.29 is 27.2 Å². The van der Waals surface area contributed by atoms with Gasteiger partial charge in [-0.05, 0) is 49.4 Å². The van der Waals surface area contributed by atoms with Gasteiger partial charge in [0.15, 0.2) is 0 Å². The lowest BCUT2D eigenvalue weighted by Gasteiger charge is -2.38. The fourth-order valence-electron chi connectivity index (χ4n) is 5.73. The molecule has 0 spiro atoms. The lowest BCUT2D eigenvalue weighted by Crippen LogP contribution is -2.48. The fraction of sp³-hybridized carbons (Fsp3) is 0.519. The summed E-state index contributed by atoms with van der Waals surface area (Å²) in [6.07, 6.45) is 4.53. The van der Waals surface area contributed by atoms with Gasteiger partial charge in [-0.3, -0.25) is 4.79 Å². The van der Waals surface area contributed by atoms with Crippen LogP contribution in [-0.4, -0.2) is 82.3 Å². The van der Waals surface area contributed by atoms with Crippen LogP contribution in [0.15, 0.2) is 35.1 Å². The quantitative estimate of drug-likeness (QED) is 0.431. The van der Waals surface area contributed by atoms with E-state index in [-0.39, 0.29) is 35.4 Å². The molecule has 1 amide bonds. The number of methoxy groups -OCH3 is 1. The number of alkyl halides is 1. The molecule has 1 aliphatic carbocycles. The Hall–Kier alpha value is -3.78. The number of carbonyl (C=O) groups excluding carboxylic acids is 1. The third-order valence-electron chi connectivity index (χ3n) is 8.03. The molecule has 0 radical (unpaired) electrons. The Morgan fingerprint density at radius 1 is 1.10 bits per heavy atom. The topological polar surface area (TPSA) is 127 Å². The Morgan fingerprint density at radius 2 is 1.80 bits per heavy atom. The minimum absolute atomic E-state index is 0.0136. The molecule has 3 aromatic rings. The molecular weight excluding hydrogens is 541 g/mol. The Labute approximate surface area is 234 Å². The van der Waals surface area contributed by atoms with E-state index in [2.05, 4.69) is 24.8 Å². The van der Waals surface area contributed by atoms with Gasteiger partial charge in [0.1, 0.15) is 11.6 Å². The number of halogens is 3. The van der Waals surface area contributed by atoms with Gasteiger partial charge < -0.3 is 29.7 Å². The molecule has 1 aromatic carbocycles. The van der Waals surface area contributed by atoms with Crippen LogP contribution in [0.1, 0.15) is 59.7 Å². The number of hydrogen-bond donors (Lipinski definition) is 1. The highest BCUT2D eigenvalue weighted by Gasteiger charge is 2.40. The van der Waals surface area contributed by atoms with E-state index in [0.717, 1.165) is 25.0 Å². The number of ether oxygens (including phenoxy) is 1. The summed E-state index contributed by atoms with van der Waals surface area (Å²) in [5.41, 5.74) is 6.90. The number of amides is 1. The van der Waals surface area contributed by atoms with Gasteiger partial charge in [-0.25, -0.2) is 23.1 Å². The van der Waals surface area contributed by atoms with Crippen LogP contribution in [0.25, 0.3) is 0 Å². The molecule has 14 heteroatoms. The first-order valence-electron chi connectivity index (χ1n) is 13.7. The standard InChI is InChI=1S/C27H31F3N8O3/c1-40-23(30)24-34-27(41-35-24)36-8-6-18(7-9-36)38(17-3-4-17)25(39)15-11-32-26(33-12-15)37-13-20(22(31)14-37)19-10-16(28)2-5-21(19)29/h2,5,10-12,17-18,20,22-23H,3-4,6-9,13-14,31H2,1H3/t20-,22+,23-/m1/s1. The molecule has 0 bridgehead atoms. The largest absolute Gasteiger partial charge is 0.345 e. The van der Waals surface area contributed by atoms with Crippen LogP contribution >= 0.6 is 0 Å². The highest BCUT2D eigenvalue weighted by Crippen LogP contribution is 2.35. The Bertz CT molecular complexity index is 1380. The van der Waals surface area contributed by atoms with Crippen LogP contribution in [0.2, 0.25) is 0 Å². The van der Waals surface area contributed by atoms with Crippen molar-refractivity contribution in [1.29, 1.82) is 0 Å². The Morgan fingerprint density at radius 3 is 2.49 bits per heavy atom. The zero-order valence-corrected chi connectivity index (χ0v) is 22.5. The summed E-state index contributed by atoms with van der Waals surface area (Å²) in [7, 11) is 1.23. The van der Waals surface area contributed by atoms with E-state index < -0.39 is 30.0 Å². The summed E-state index contributed by atoms with van der Waals surface area (Å²) in [4.78, 5) is 32.2. The minimum Gasteiger partial charge on any atom is -0.345 e. The lowest BCUT2D eigenvalue weighted by atomic mass is 9.94. The summed E-state index contributed by atoms with van der Waals surface area (Å²) in [5.74, 6) is -1.33. The molecule has 3 fully saturated rings. The van der Waals surface area contributed by atoms with Crippen LogP contribution in [-0.2, 0) is 4.74 Å². The SMILES string of the molecule is CO[C@@H](F)c1noc(N2CCC(N(C(=O)c3cnc(N4C[C@H](c5cc(F)ccc5F)[C@@H](N)C4)nc3)C3CC3)CC2)n1. The smallest absolute Gasteiger partial charge is 0.324 e. The van der Waals surface area contributed by atoms with Crippen LogP contribution in [0.4, 0.5) is 25.1 Å². The maximum Gasteiger partial charge on any atom is 0.324 e. The van der Waals surface area contributed by atoms with Crippen molar-refractivity contribution in [1.82, 2.24) is 25.0 Å². The molecule has 3 aliphatic rings. The molecule has 2 saturated heterocycles. The average Bonchev–Trinajstić information content (AvgIpc) is 3.55. The lowest BCUT2D eigenvalue weighted by molar-refractivity contribution is -0.0149. The van der Waals surface area contributed by atoms with Gasteiger partial charge in [-0.1, -0.05) is 5.16 Å². The molecule has 4 heterocycles. The van der Waals surface area contributed by atoms with Crippen LogP contribution in [0.5, 0.6) is 0 Å². The third-order valence-corrected chi connectivity index (χ3v) is 8.03. The van der Waals surface area contributed by atoms with Crippen molar-refractivity contribution in [2.45, 2.75) is 56.1 Å². The molecule has 1 saturated carbocycles. The van der Waals surface area contributed by atoms with Crippen LogP contribution < -0.4 is 15.5 Å². The number of benzene rings is 1. The van der Waals surface area contributed by atoms with Crippen LogP contribution in [0, 0.1) is 11.6 Å². The maximum atomic E-state index is 14.4. The molecular formula is C27H31F3N8O3. The first kappa shape index (κ1) is 27.4. The van der Waals surface area contributed by atoms with Gasteiger partial charge in [-0.2, -0.15) is 4.98 Å². The number of hydrogen-bond acceptors (Lipinski definition) is 10. The highest BCUT2D eigenvalue weighted by atomic mass is 19.1. The predicted octanol–water partition coefficient (Wildman–Crippen LogP) is 2.96. The summed E-state index contributed by atoms with van der Waals surface area (Å²) in [6.45, 7) is 1.86. The summed E-state index contributed by atoms with van der Waals surface area (Å²) in [5, 5.41) is 3.64. The van der Waals surface area contributed by atoms with Gasteiger partial charge in [-0.15, -0.1) is 0 Å². The molecule has 2 N–H and O–H groups in total. The molecule has 2 aliphatic heterocycles. The monoisotopic (exact) mass is 572 g/mol. The molecule has 2 aromatic heterocycles. The number of piperidine rings is 1. The first-order valence-corrected chi connectivity index (χ1v) is 13.7. The Balaban J connectivity index is 1.10. The normalized spacial score (nSPS) is 22.3. The fourth-order valence-corrected chi connectivity index (χ4v) is 5.73. The summed E-state index contributed by atoms with van der Waals surface area (Å²) >= 11 is 0. The van der Waals surface area contributed by atoms with Gasteiger partial charge in [0.05, 0.1) is 5.56 Å². The number of rotatable bonds is 8. The van der Waals surface area contributed by atoms with E-state index in [4.69, 9.17) is 10.3 Å². The number of nitrogens with zero attached hydrogens (tertiary/aromatic N) is 7. The second kappa shape index (κ2) is 11.2. The van der Waals surface area contributed by atoms with Crippen molar-refractivity contribution >= 4 is 17.9 Å². The van der Waals surface area contributed by atoms with E-state index >= 15 is 0 Å². The van der Waals surface area contributed by atoms with E-state index in [1.807, 2.05) is 14.7 Å². The molecule has 41 heavy (non-hydrogen) atoms. The predicted molar refractivity (Wildman–Crippen MR) is 141 cm³/mol. The minimum atomic E-state index is -1.75. The number of anilines is 2. The van der Waals surface area contributed by atoms with Crippen molar-refractivity contribution in [3.8, 4) is 0 Å². The first-order chi connectivity index (χ1) is 19.8. The molecule has 6 rings (SSSR count). The summed E-state index contributed by atoms with van der Waals surface area (Å²) in [6, 6.07) is 3.36. The molecule has 3 atom stereocenters. The second-order valence-corrected chi connectivity index (χ2v) is 10.8. The van der Waals surface area contributed by atoms with Crippen molar-refractivity contribution in [2.75, 3.05) is 43.1 Å². The zero-order chi connectivity index (χ0) is 28.7. The highest BCUT2D eigenvalue weighted by molar-refractivity contribution is 5.94. The number of nitrogens with two attached hydrogens (primary N) is 1. The molecule has 0 unspecified atom stereocenters. The second-order valence-electron chi connectivity index (χ2n) is 10.8. The van der Waals surface area contributed by atoms with E-state index in [0.29, 0.717) is 50.5 Å². The van der Waals surface area contributed by atoms with Gasteiger partial charge >= 0.3 is 6.01 Å². The van der Waals surface area contributed by atoms with Gasteiger partial charge in [0, 0.05) is 69.7 Å². The molecule has 11 nitrogen and oxygen atoms in total. The molecule has 218 valence electrons. The number of carbonyl (C=O) groups is 1. The van der Waals surface area contributed by atoms with Crippen molar-refractivity contribution in [2.24, 2.45) is 5.73 Å².